The molecule has 0 radical (unpaired) electrons. The zero-order chi connectivity index (χ0) is 19.7. The van der Waals surface area contributed by atoms with Crippen molar-refractivity contribution in [1.29, 1.82) is 0 Å². The molecule has 142 valence electrons. The molecule has 3 aromatic rings. The van der Waals surface area contributed by atoms with Gasteiger partial charge >= 0.3 is 0 Å². The van der Waals surface area contributed by atoms with E-state index in [1.54, 1.807) is 18.3 Å². The van der Waals surface area contributed by atoms with E-state index in [1.165, 1.54) is 18.2 Å². The number of hydrogen-bond donors (Lipinski definition) is 2. The minimum atomic E-state index is -0.634. The van der Waals surface area contributed by atoms with Crippen molar-refractivity contribution >= 4 is 23.3 Å². The second-order valence-corrected chi connectivity index (χ2v) is 7.41. The van der Waals surface area contributed by atoms with Gasteiger partial charge in [-0.15, -0.1) is 21.8 Å². The molecule has 1 fully saturated rings. The van der Waals surface area contributed by atoms with E-state index in [1.807, 2.05) is 18.2 Å². The molecule has 0 saturated heterocycles. The average molecular weight is 398 g/mol. The van der Waals surface area contributed by atoms with Crippen LogP contribution in [-0.4, -0.2) is 26.5 Å². The summed E-state index contributed by atoms with van der Waals surface area (Å²) in [5.74, 6) is -0.608. The number of pyridine rings is 1. The summed E-state index contributed by atoms with van der Waals surface area (Å²) in [4.78, 5) is 15.8. The van der Waals surface area contributed by atoms with Crippen LogP contribution < -0.4 is 11.1 Å². The van der Waals surface area contributed by atoms with Crippen LogP contribution >= 0.6 is 11.6 Å². The van der Waals surface area contributed by atoms with Gasteiger partial charge in [-0.3, -0.25) is 9.78 Å². The van der Waals surface area contributed by atoms with Crippen molar-refractivity contribution < 1.29 is 9.18 Å². The van der Waals surface area contributed by atoms with Crippen LogP contribution in [0.2, 0.25) is 0 Å². The Balaban J connectivity index is 1.60. The topological polar surface area (TPSA) is 93.8 Å². The van der Waals surface area contributed by atoms with Crippen LogP contribution in [0.1, 0.15) is 28.9 Å². The second-order valence-electron chi connectivity index (χ2n) is 6.79. The first-order valence-corrected chi connectivity index (χ1v) is 9.18. The van der Waals surface area contributed by atoms with Gasteiger partial charge in [0.25, 0.3) is 0 Å². The number of hydrogen-bond acceptors (Lipinski definition) is 5. The van der Waals surface area contributed by atoms with E-state index in [0.717, 1.165) is 5.69 Å². The van der Waals surface area contributed by atoms with Crippen LogP contribution in [0.15, 0.2) is 54.7 Å². The first-order valence-electron chi connectivity index (χ1n) is 8.74. The van der Waals surface area contributed by atoms with Crippen molar-refractivity contribution in [2.75, 3.05) is 5.32 Å². The van der Waals surface area contributed by atoms with Crippen LogP contribution in [0.5, 0.6) is 0 Å². The number of alkyl halides is 1. The summed E-state index contributed by atoms with van der Waals surface area (Å²) in [5, 5.41) is 11.7. The first kappa shape index (κ1) is 18.3. The number of carbonyl (C=O) groups is 1. The van der Waals surface area contributed by atoms with Crippen molar-refractivity contribution in [3.63, 3.8) is 0 Å². The molecular formula is C20H17ClFN5O. The van der Waals surface area contributed by atoms with Crippen LogP contribution in [0, 0.1) is 5.82 Å². The third-order valence-corrected chi connectivity index (χ3v) is 5.16. The van der Waals surface area contributed by atoms with Crippen LogP contribution in [0.3, 0.4) is 0 Å². The summed E-state index contributed by atoms with van der Waals surface area (Å²) < 4.78 is 14.2. The largest absolute Gasteiger partial charge is 0.366 e. The van der Waals surface area contributed by atoms with Gasteiger partial charge in [0.05, 0.1) is 16.9 Å². The third-order valence-electron chi connectivity index (χ3n) is 4.85. The predicted octanol–water partition coefficient (Wildman–Crippen LogP) is 3.49. The molecule has 2 heterocycles. The Morgan fingerprint density at radius 3 is 2.61 bits per heavy atom. The number of aromatic nitrogens is 3. The zero-order valence-electron chi connectivity index (χ0n) is 14.8. The average Bonchev–Trinajstić information content (AvgIpc) is 2.68. The van der Waals surface area contributed by atoms with Gasteiger partial charge in [-0.2, -0.15) is 0 Å². The Bertz CT molecular complexity index is 1010. The molecule has 0 aliphatic heterocycles. The molecule has 28 heavy (non-hydrogen) atoms. The highest BCUT2D eigenvalue weighted by atomic mass is 35.5. The molecular weight excluding hydrogens is 381 g/mol. The molecule has 1 saturated carbocycles. The summed E-state index contributed by atoms with van der Waals surface area (Å²) in [6.45, 7) is 0. The van der Waals surface area contributed by atoms with Gasteiger partial charge in [0.15, 0.2) is 0 Å². The van der Waals surface area contributed by atoms with Crippen molar-refractivity contribution in [3.05, 3.63) is 71.8 Å². The monoisotopic (exact) mass is 397 g/mol. The first-order chi connectivity index (χ1) is 13.5. The van der Waals surface area contributed by atoms with Crippen molar-refractivity contribution in [2.24, 2.45) is 5.73 Å². The Hall–Kier alpha value is -3.06. The minimum Gasteiger partial charge on any atom is -0.366 e. The number of nitrogens with zero attached hydrogens (tertiary/aromatic N) is 3. The van der Waals surface area contributed by atoms with Gasteiger partial charge in [0.2, 0.25) is 5.91 Å². The lowest BCUT2D eigenvalue weighted by molar-refractivity contribution is 0.100. The van der Waals surface area contributed by atoms with Gasteiger partial charge in [0, 0.05) is 22.7 Å². The van der Waals surface area contributed by atoms with E-state index < -0.39 is 17.3 Å². The van der Waals surface area contributed by atoms with E-state index >= 15 is 0 Å². The maximum absolute atomic E-state index is 14.2. The third kappa shape index (κ3) is 3.41. The standard InChI is InChI=1S/C20H17ClFN5O/c21-13-10-20(11-13,17-3-1-2-8-24-17)25-18-7-6-16(26-27-18)14-9-12(19(23)28)4-5-15(14)22/h1-9,13H,10-11H2,(H2,23,28)(H,25,27). The summed E-state index contributed by atoms with van der Waals surface area (Å²) in [6.07, 6.45) is 3.16. The molecule has 0 spiro atoms. The fourth-order valence-corrected chi connectivity index (χ4v) is 3.91. The molecule has 6 nitrogen and oxygen atoms in total. The van der Waals surface area contributed by atoms with E-state index in [0.29, 0.717) is 24.4 Å². The molecule has 0 unspecified atom stereocenters. The number of primary amides is 1. The fourth-order valence-electron chi connectivity index (χ4n) is 3.38. The highest BCUT2D eigenvalue weighted by molar-refractivity contribution is 6.21. The SMILES string of the molecule is NC(=O)c1ccc(F)c(-c2ccc(NC3(c4ccccn4)CC(Cl)C3)nn2)c1. The normalized spacial score (nSPS) is 21.0. The minimum absolute atomic E-state index is 0.0624. The number of nitrogens with two attached hydrogens (primary N) is 1. The number of carbonyl (C=O) groups excluding carboxylic acids is 1. The molecule has 4 rings (SSSR count). The van der Waals surface area contributed by atoms with E-state index in [9.17, 15) is 9.18 Å². The van der Waals surface area contributed by atoms with Crippen LogP contribution in [-0.2, 0) is 5.54 Å². The predicted molar refractivity (Wildman–Crippen MR) is 104 cm³/mol. The molecule has 2 aromatic heterocycles. The fraction of sp³-hybridized carbons (Fsp3) is 0.200. The summed E-state index contributed by atoms with van der Waals surface area (Å²) in [6, 6.07) is 13.0. The highest BCUT2D eigenvalue weighted by Gasteiger charge is 2.46. The summed E-state index contributed by atoms with van der Waals surface area (Å²) >= 11 is 6.23. The molecule has 1 amide bonds. The van der Waals surface area contributed by atoms with E-state index in [-0.39, 0.29) is 16.5 Å². The second kappa shape index (κ2) is 7.16. The number of benzene rings is 1. The lowest BCUT2D eigenvalue weighted by Crippen LogP contribution is -2.49. The quantitative estimate of drug-likeness (QED) is 0.643. The lowest BCUT2D eigenvalue weighted by Gasteiger charge is -2.45. The Morgan fingerprint density at radius 2 is 2.00 bits per heavy atom. The molecule has 0 atom stereocenters. The van der Waals surface area contributed by atoms with E-state index in [2.05, 4.69) is 20.5 Å². The Labute approximate surface area is 166 Å². The van der Waals surface area contributed by atoms with Gasteiger partial charge in [0.1, 0.15) is 11.6 Å². The molecule has 1 aliphatic rings. The number of halogens is 2. The van der Waals surface area contributed by atoms with Crippen LogP contribution in [0.4, 0.5) is 10.2 Å². The molecule has 8 heteroatoms. The van der Waals surface area contributed by atoms with Gasteiger partial charge in [-0.1, -0.05) is 6.07 Å². The number of rotatable bonds is 5. The molecule has 1 aliphatic carbocycles. The Morgan fingerprint density at radius 1 is 1.18 bits per heavy atom. The lowest BCUT2D eigenvalue weighted by atomic mass is 9.73. The summed E-state index contributed by atoms with van der Waals surface area (Å²) in [7, 11) is 0. The molecule has 3 N–H and O–H groups in total. The van der Waals surface area contributed by atoms with Gasteiger partial charge < -0.3 is 11.1 Å². The highest BCUT2D eigenvalue weighted by Crippen LogP contribution is 2.45. The van der Waals surface area contributed by atoms with Crippen LogP contribution in [0.25, 0.3) is 11.3 Å². The zero-order valence-corrected chi connectivity index (χ0v) is 15.5. The van der Waals surface area contributed by atoms with Gasteiger partial charge in [-0.25, -0.2) is 4.39 Å². The number of nitrogens with one attached hydrogen (secondary N) is 1. The Kier molecular flexibility index (Phi) is 4.68. The van der Waals surface area contributed by atoms with Crippen molar-refractivity contribution in [2.45, 2.75) is 23.8 Å². The molecule has 1 aromatic carbocycles. The number of anilines is 1. The van der Waals surface area contributed by atoms with Gasteiger partial charge in [-0.05, 0) is 55.3 Å². The maximum Gasteiger partial charge on any atom is 0.248 e. The smallest absolute Gasteiger partial charge is 0.248 e. The van der Waals surface area contributed by atoms with Crippen molar-refractivity contribution in [1.82, 2.24) is 15.2 Å². The maximum atomic E-state index is 14.2. The number of amides is 1. The summed E-state index contributed by atoms with van der Waals surface area (Å²) in [5.41, 5.74) is 6.43. The van der Waals surface area contributed by atoms with E-state index in [4.69, 9.17) is 17.3 Å². The van der Waals surface area contributed by atoms with Crippen molar-refractivity contribution in [3.8, 4) is 11.3 Å². The molecule has 0 bridgehead atoms.